The minimum atomic E-state index is -3.84. The largest absolute Gasteiger partial charge is 0.468 e. The molecule has 0 fully saturated rings. The van der Waals surface area contributed by atoms with Gasteiger partial charge in [0.2, 0.25) is 10.0 Å². The third-order valence-corrected chi connectivity index (χ3v) is 5.40. The van der Waals surface area contributed by atoms with Crippen LogP contribution in [-0.4, -0.2) is 26.9 Å². The fourth-order valence-corrected chi connectivity index (χ4v) is 3.43. The maximum atomic E-state index is 13.5. The number of hydrogen-bond donors (Lipinski definition) is 2. The van der Waals surface area contributed by atoms with Crippen molar-refractivity contribution in [1.29, 1.82) is 0 Å². The molecule has 0 saturated heterocycles. The SMILES string of the molecule is O=C(COC(=O)c1ccc(S(=O)(=O)NCc2ccco2)cc1)Nc1c(F)cccc1F. The van der Waals surface area contributed by atoms with Crippen molar-refractivity contribution in [3.63, 3.8) is 0 Å². The summed E-state index contributed by atoms with van der Waals surface area (Å²) in [5, 5.41) is 1.98. The molecule has 8 nitrogen and oxygen atoms in total. The highest BCUT2D eigenvalue weighted by Crippen LogP contribution is 2.18. The van der Waals surface area contributed by atoms with E-state index in [0.29, 0.717) is 5.76 Å². The standard InChI is InChI=1S/C20H16F2N2O6S/c21-16-4-1-5-17(22)19(16)24-18(25)12-30-20(26)13-6-8-15(9-7-13)31(27,28)23-11-14-3-2-10-29-14/h1-10,23H,11-12H2,(H,24,25). The smallest absolute Gasteiger partial charge is 0.338 e. The Morgan fingerprint density at radius 2 is 1.65 bits per heavy atom. The number of carbonyl (C=O) groups is 2. The van der Waals surface area contributed by atoms with Gasteiger partial charge in [0.15, 0.2) is 6.61 Å². The van der Waals surface area contributed by atoms with Crippen LogP contribution in [0.3, 0.4) is 0 Å². The second-order valence-corrected chi connectivity index (χ2v) is 7.92. The van der Waals surface area contributed by atoms with Gasteiger partial charge in [0.1, 0.15) is 23.1 Å². The van der Waals surface area contributed by atoms with Crippen molar-refractivity contribution in [2.24, 2.45) is 0 Å². The summed E-state index contributed by atoms with van der Waals surface area (Å²) < 4.78 is 63.8. The molecular formula is C20H16F2N2O6S. The van der Waals surface area contributed by atoms with Crippen LogP contribution >= 0.6 is 0 Å². The van der Waals surface area contributed by atoms with Gasteiger partial charge in [0.05, 0.1) is 23.3 Å². The van der Waals surface area contributed by atoms with Crippen LogP contribution in [0.2, 0.25) is 0 Å². The van der Waals surface area contributed by atoms with Gasteiger partial charge in [-0.1, -0.05) is 6.07 Å². The second-order valence-electron chi connectivity index (χ2n) is 6.15. The number of halogens is 2. The zero-order valence-electron chi connectivity index (χ0n) is 15.8. The number of carbonyl (C=O) groups excluding carboxylic acids is 2. The highest BCUT2D eigenvalue weighted by atomic mass is 32.2. The highest BCUT2D eigenvalue weighted by molar-refractivity contribution is 7.89. The van der Waals surface area contributed by atoms with E-state index < -0.39 is 45.8 Å². The molecule has 1 amide bonds. The summed E-state index contributed by atoms with van der Waals surface area (Å²) in [4.78, 5) is 23.7. The van der Waals surface area contributed by atoms with Crippen molar-refractivity contribution in [2.75, 3.05) is 11.9 Å². The minimum absolute atomic E-state index is 0.0187. The van der Waals surface area contributed by atoms with Crippen molar-refractivity contribution in [3.8, 4) is 0 Å². The molecular weight excluding hydrogens is 434 g/mol. The Hall–Kier alpha value is -3.57. The fraction of sp³-hybridized carbons (Fsp3) is 0.100. The molecule has 0 aliphatic carbocycles. The lowest BCUT2D eigenvalue weighted by molar-refractivity contribution is -0.119. The van der Waals surface area contributed by atoms with Gasteiger partial charge in [-0.2, -0.15) is 0 Å². The Bertz CT molecular complexity index is 1160. The van der Waals surface area contributed by atoms with Crippen LogP contribution in [0.4, 0.5) is 14.5 Å². The van der Waals surface area contributed by atoms with Gasteiger partial charge in [0, 0.05) is 0 Å². The molecule has 0 spiro atoms. The first-order valence-electron chi connectivity index (χ1n) is 8.79. The summed E-state index contributed by atoms with van der Waals surface area (Å²) in [6.07, 6.45) is 1.41. The lowest BCUT2D eigenvalue weighted by atomic mass is 10.2. The average molecular weight is 450 g/mol. The van der Waals surface area contributed by atoms with Crippen molar-refractivity contribution < 1.29 is 35.9 Å². The third-order valence-electron chi connectivity index (χ3n) is 3.98. The van der Waals surface area contributed by atoms with Gasteiger partial charge in [-0.25, -0.2) is 26.7 Å². The Kier molecular flexibility index (Phi) is 6.78. The Balaban J connectivity index is 1.55. The monoisotopic (exact) mass is 450 g/mol. The first-order valence-corrected chi connectivity index (χ1v) is 10.3. The quantitative estimate of drug-likeness (QED) is 0.510. The summed E-state index contributed by atoms with van der Waals surface area (Å²) in [5.74, 6) is -3.39. The number of sulfonamides is 1. The lowest BCUT2D eigenvalue weighted by Gasteiger charge is -2.09. The van der Waals surface area contributed by atoms with Crippen LogP contribution in [0.1, 0.15) is 16.1 Å². The van der Waals surface area contributed by atoms with Crippen molar-refractivity contribution in [3.05, 3.63) is 83.8 Å². The van der Waals surface area contributed by atoms with Crippen LogP contribution in [0.25, 0.3) is 0 Å². The molecule has 3 rings (SSSR count). The Labute approximate surface area is 175 Å². The number of furan rings is 1. The van der Waals surface area contributed by atoms with E-state index in [1.807, 2.05) is 5.32 Å². The van der Waals surface area contributed by atoms with E-state index in [-0.39, 0.29) is 17.0 Å². The van der Waals surface area contributed by atoms with Gasteiger partial charge in [-0.05, 0) is 48.5 Å². The number of amides is 1. The maximum Gasteiger partial charge on any atom is 0.338 e. The predicted molar refractivity (Wildman–Crippen MR) is 104 cm³/mol. The molecule has 1 aromatic heterocycles. The molecule has 2 N–H and O–H groups in total. The summed E-state index contributed by atoms with van der Waals surface area (Å²) in [6, 6.07) is 11.1. The van der Waals surface area contributed by atoms with Crippen molar-refractivity contribution in [2.45, 2.75) is 11.4 Å². The maximum absolute atomic E-state index is 13.5. The van der Waals surface area contributed by atoms with Crippen molar-refractivity contribution in [1.82, 2.24) is 4.72 Å². The van der Waals surface area contributed by atoms with Gasteiger partial charge in [-0.3, -0.25) is 4.79 Å². The molecule has 0 saturated carbocycles. The highest BCUT2D eigenvalue weighted by Gasteiger charge is 2.17. The minimum Gasteiger partial charge on any atom is -0.468 e. The second kappa shape index (κ2) is 9.49. The fourth-order valence-electron chi connectivity index (χ4n) is 2.44. The van der Waals surface area contributed by atoms with E-state index >= 15 is 0 Å². The molecule has 0 aliphatic rings. The van der Waals surface area contributed by atoms with Gasteiger partial charge < -0.3 is 14.5 Å². The number of nitrogens with one attached hydrogen (secondary N) is 2. The van der Waals surface area contributed by atoms with Crippen LogP contribution in [0.5, 0.6) is 0 Å². The zero-order chi connectivity index (χ0) is 22.4. The topological polar surface area (TPSA) is 115 Å². The summed E-state index contributed by atoms with van der Waals surface area (Å²) in [6.45, 7) is -0.839. The molecule has 1 heterocycles. The van der Waals surface area contributed by atoms with E-state index in [1.165, 1.54) is 30.5 Å². The van der Waals surface area contributed by atoms with Gasteiger partial charge in [0.25, 0.3) is 5.91 Å². The number of rotatable bonds is 8. The molecule has 2 aromatic carbocycles. The number of ether oxygens (including phenoxy) is 1. The number of esters is 1. The summed E-state index contributed by atoms with van der Waals surface area (Å²) in [7, 11) is -3.84. The van der Waals surface area contributed by atoms with Crippen LogP contribution in [0, 0.1) is 11.6 Å². The van der Waals surface area contributed by atoms with Gasteiger partial charge in [-0.15, -0.1) is 0 Å². The Morgan fingerprint density at radius 3 is 2.26 bits per heavy atom. The third kappa shape index (κ3) is 5.74. The molecule has 0 radical (unpaired) electrons. The molecule has 11 heteroatoms. The number of hydrogen-bond acceptors (Lipinski definition) is 6. The van der Waals surface area contributed by atoms with Crippen LogP contribution < -0.4 is 10.0 Å². The first-order chi connectivity index (χ1) is 14.8. The van der Waals surface area contributed by atoms with Crippen LogP contribution in [-0.2, 0) is 26.1 Å². The van der Waals surface area contributed by atoms with E-state index in [1.54, 1.807) is 12.1 Å². The number of benzene rings is 2. The van der Waals surface area contributed by atoms with Gasteiger partial charge >= 0.3 is 5.97 Å². The summed E-state index contributed by atoms with van der Waals surface area (Å²) in [5.41, 5.74) is -0.671. The molecule has 162 valence electrons. The average Bonchev–Trinajstić information content (AvgIpc) is 3.27. The molecule has 0 aliphatic heterocycles. The lowest BCUT2D eigenvalue weighted by Crippen LogP contribution is -2.23. The van der Waals surface area contributed by atoms with E-state index in [9.17, 15) is 26.8 Å². The molecule has 3 aromatic rings. The van der Waals surface area contributed by atoms with E-state index in [4.69, 9.17) is 9.15 Å². The molecule has 31 heavy (non-hydrogen) atoms. The van der Waals surface area contributed by atoms with Crippen molar-refractivity contribution >= 4 is 27.6 Å². The number of para-hydroxylation sites is 1. The summed E-state index contributed by atoms with van der Waals surface area (Å²) >= 11 is 0. The predicted octanol–water partition coefficient (Wildman–Crippen LogP) is 2.83. The van der Waals surface area contributed by atoms with Crippen LogP contribution in [0.15, 0.2) is 70.2 Å². The van der Waals surface area contributed by atoms with E-state index in [2.05, 4.69) is 4.72 Å². The molecule has 0 unspecified atom stereocenters. The molecule has 0 atom stereocenters. The van der Waals surface area contributed by atoms with E-state index in [0.717, 1.165) is 18.2 Å². The molecule has 0 bridgehead atoms. The first kappa shape index (κ1) is 22.1. The number of anilines is 1. The normalized spacial score (nSPS) is 11.2. The Morgan fingerprint density at radius 1 is 0.968 bits per heavy atom. The zero-order valence-corrected chi connectivity index (χ0v) is 16.6.